The molecule has 0 saturated carbocycles. The largest absolute Gasteiger partial charge is 0.424 e. The maximum atomic E-state index is 12.4. The third kappa shape index (κ3) is 7.58. The Hall–Kier alpha value is -0.570. The molecule has 1 rings (SSSR count). The van der Waals surface area contributed by atoms with Gasteiger partial charge in [0.25, 0.3) is 12.2 Å². The summed E-state index contributed by atoms with van der Waals surface area (Å²) in [5, 5.41) is 0. The van der Waals surface area contributed by atoms with Crippen molar-refractivity contribution in [3.8, 4) is 0 Å². The molecule has 0 aromatic carbocycles. The zero-order valence-corrected chi connectivity index (χ0v) is 12.7. The van der Waals surface area contributed by atoms with E-state index in [2.05, 4.69) is 18.3 Å². The SMILES string of the molecule is FC(F)(F)C(OP(OCC1CO1)OC(C(F)(F)F)C(F)(F)F)C(F)(F)F. The highest BCUT2D eigenvalue weighted by molar-refractivity contribution is 7.41. The van der Waals surface area contributed by atoms with Gasteiger partial charge in [-0.25, -0.2) is 0 Å². The number of rotatable bonds is 7. The lowest BCUT2D eigenvalue weighted by molar-refractivity contribution is -0.314. The molecule has 1 atom stereocenters. The van der Waals surface area contributed by atoms with E-state index >= 15 is 0 Å². The van der Waals surface area contributed by atoms with Crippen LogP contribution in [0.5, 0.6) is 0 Å². The Balaban J connectivity index is 3.01. The lowest BCUT2D eigenvalue weighted by Gasteiger charge is -2.29. The second-order valence-electron chi connectivity index (χ2n) is 4.61. The summed E-state index contributed by atoms with van der Waals surface area (Å²) in [6.45, 7) is -1.05. The van der Waals surface area contributed by atoms with Crippen LogP contribution >= 0.6 is 8.60 Å². The summed E-state index contributed by atoms with van der Waals surface area (Å²) in [4.78, 5) is 0. The molecule has 1 unspecified atom stereocenters. The molecule has 4 nitrogen and oxygen atoms in total. The number of halogens is 12. The van der Waals surface area contributed by atoms with Crippen molar-refractivity contribution in [3.63, 3.8) is 0 Å². The molecule has 17 heteroatoms. The maximum Gasteiger partial charge on any atom is 0.424 e. The van der Waals surface area contributed by atoms with Crippen LogP contribution in [0.25, 0.3) is 0 Å². The van der Waals surface area contributed by atoms with Gasteiger partial charge in [0, 0.05) is 0 Å². The van der Waals surface area contributed by atoms with Gasteiger partial charge in [-0.3, -0.25) is 9.05 Å². The summed E-state index contributed by atoms with van der Waals surface area (Å²) in [7, 11) is -4.35. The van der Waals surface area contributed by atoms with Crippen LogP contribution in [0.3, 0.4) is 0 Å². The fourth-order valence-corrected chi connectivity index (χ4v) is 2.46. The van der Waals surface area contributed by atoms with E-state index in [0.29, 0.717) is 0 Å². The topological polar surface area (TPSA) is 40.2 Å². The molecule has 1 heterocycles. The smallest absolute Gasteiger partial charge is 0.371 e. The van der Waals surface area contributed by atoms with Crippen molar-refractivity contribution < 1.29 is 71.0 Å². The van der Waals surface area contributed by atoms with Gasteiger partial charge in [0.15, 0.2) is 0 Å². The van der Waals surface area contributed by atoms with Crippen molar-refractivity contribution in [2.24, 2.45) is 0 Å². The number of ether oxygens (including phenoxy) is 1. The second-order valence-corrected chi connectivity index (χ2v) is 5.74. The van der Waals surface area contributed by atoms with Crippen molar-refractivity contribution in [2.75, 3.05) is 13.2 Å². The van der Waals surface area contributed by atoms with E-state index in [9.17, 15) is 52.7 Å². The molecule has 0 N–H and O–H groups in total. The van der Waals surface area contributed by atoms with Gasteiger partial charge in [0.05, 0.1) is 13.2 Å². The summed E-state index contributed by atoms with van der Waals surface area (Å²) in [6, 6.07) is 0. The molecule has 0 aliphatic carbocycles. The average Bonchev–Trinajstić information content (AvgIpc) is 3.15. The molecule has 1 saturated heterocycles. The van der Waals surface area contributed by atoms with Crippen molar-refractivity contribution >= 4 is 8.60 Å². The summed E-state index contributed by atoms with van der Waals surface area (Å²) >= 11 is 0. The normalized spacial score (nSPS) is 19.7. The summed E-state index contributed by atoms with van der Waals surface area (Å²) in [5.74, 6) is 0. The molecule has 0 amide bonds. The minimum atomic E-state index is -6.20. The Morgan fingerprint density at radius 1 is 0.731 bits per heavy atom. The summed E-state index contributed by atoms with van der Waals surface area (Å²) in [5.41, 5.74) is 0. The zero-order chi connectivity index (χ0) is 20.6. The third-order valence-corrected chi connectivity index (χ3v) is 3.47. The van der Waals surface area contributed by atoms with Gasteiger partial charge >= 0.3 is 33.3 Å². The van der Waals surface area contributed by atoms with E-state index in [1.54, 1.807) is 0 Å². The Morgan fingerprint density at radius 2 is 1.04 bits per heavy atom. The number of hydrogen-bond donors (Lipinski definition) is 0. The predicted molar refractivity (Wildman–Crippen MR) is 56.6 cm³/mol. The highest BCUT2D eigenvalue weighted by Crippen LogP contribution is 2.52. The monoisotopic (exact) mass is 438 g/mol. The zero-order valence-electron chi connectivity index (χ0n) is 11.8. The van der Waals surface area contributed by atoms with E-state index in [0.717, 1.165) is 0 Å². The van der Waals surface area contributed by atoms with Crippen molar-refractivity contribution in [3.05, 3.63) is 0 Å². The predicted octanol–water partition coefficient (Wildman–Crippen LogP) is 4.65. The van der Waals surface area contributed by atoms with Gasteiger partial charge < -0.3 is 9.26 Å². The second kappa shape index (κ2) is 7.81. The number of hydrogen-bond acceptors (Lipinski definition) is 4. The molecule has 0 aromatic rings. The van der Waals surface area contributed by atoms with Gasteiger partial charge in [-0.2, -0.15) is 52.7 Å². The van der Waals surface area contributed by atoms with Gasteiger partial charge in [-0.1, -0.05) is 0 Å². The molecule has 1 fully saturated rings. The molecule has 0 aromatic heterocycles. The summed E-state index contributed by atoms with van der Waals surface area (Å²) < 4.78 is 164. The van der Waals surface area contributed by atoms with Crippen molar-refractivity contribution in [1.82, 2.24) is 0 Å². The van der Waals surface area contributed by atoms with Gasteiger partial charge in [-0.15, -0.1) is 0 Å². The first-order chi connectivity index (χ1) is 11.4. The number of epoxide rings is 1. The third-order valence-electron chi connectivity index (χ3n) is 2.34. The van der Waals surface area contributed by atoms with E-state index in [1.807, 2.05) is 0 Å². The van der Waals surface area contributed by atoms with Crippen LogP contribution in [0.2, 0.25) is 0 Å². The van der Waals surface area contributed by atoms with Crippen molar-refractivity contribution in [2.45, 2.75) is 43.0 Å². The molecular weight excluding hydrogens is 431 g/mol. The van der Waals surface area contributed by atoms with Crippen molar-refractivity contribution in [1.29, 1.82) is 0 Å². The maximum absolute atomic E-state index is 12.4. The van der Waals surface area contributed by atoms with Crippen LogP contribution < -0.4 is 0 Å². The first-order valence-electron chi connectivity index (χ1n) is 6.07. The lowest BCUT2D eigenvalue weighted by atomic mass is 10.3. The fourth-order valence-electron chi connectivity index (χ4n) is 1.18. The molecule has 156 valence electrons. The van der Waals surface area contributed by atoms with E-state index in [1.165, 1.54) is 0 Å². The van der Waals surface area contributed by atoms with E-state index < -0.39 is 58.2 Å². The first kappa shape index (κ1) is 23.5. The molecule has 1 aliphatic rings. The minimum absolute atomic E-state index is 0.118. The Bertz CT molecular complexity index is 392. The lowest BCUT2D eigenvalue weighted by Crippen LogP contribution is -2.46. The first-order valence-corrected chi connectivity index (χ1v) is 7.17. The van der Waals surface area contributed by atoms with Crippen LogP contribution in [0.1, 0.15) is 0 Å². The van der Waals surface area contributed by atoms with E-state index in [-0.39, 0.29) is 6.61 Å². The van der Waals surface area contributed by atoms with Gasteiger partial charge in [-0.05, 0) is 0 Å². The fraction of sp³-hybridized carbons (Fsp3) is 1.00. The number of alkyl halides is 12. The van der Waals surface area contributed by atoms with Crippen LogP contribution in [0, 0.1) is 0 Å². The van der Waals surface area contributed by atoms with Gasteiger partial charge in [0.1, 0.15) is 6.10 Å². The summed E-state index contributed by atoms with van der Waals surface area (Å²) in [6.07, 6.45) is -35.2. The standard InChI is InChI=1S/C9H7F12O4P/c10-6(11,12)4(7(13,14)15)24-26(23-2-3-1-22-3)25-5(8(16,17)18)9(19,20)21/h3-5H,1-2H2. The van der Waals surface area contributed by atoms with Crippen LogP contribution in [-0.2, 0) is 18.3 Å². The Morgan fingerprint density at radius 3 is 1.27 bits per heavy atom. The van der Waals surface area contributed by atoms with Crippen LogP contribution in [0.4, 0.5) is 52.7 Å². The molecule has 0 bridgehead atoms. The highest BCUT2D eigenvalue weighted by Gasteiger charge is 2.63. The molecule has 1 aliphatic heterocycles. The highest BCUT2D eigenvalue weighted by atomic mass is 31.2. The Kier molecular flexibility index (Phi) is 7.05. The minimum Gasteiger partial charge on any atom is -0.371 e. The average molecular weight is 438 g/mol. The van der Waals surface area contributed by atoms with Crippen LogP contribution in [0.15, 0.2) is 0 Å². The molecule has 0 radical (unpaired) electrons. The van der Waals surface area contributed by atoms with Gasteiger partial charge in [0.2, 0.25) is 0 Å². The quantitative estimate of drug-likeness (QED) is 0.330. The molecule has 0 spiro atoms. The Labute approximate surface area is 137 Å². The molecular formula is C9H7F12O4P. The molecule has 26 heavy (non-hydrogen) atoms. The van der Waals surface area contributed by atoms with Crippen LogP contribution in [-0.4, -0.2) is 56.2 Å². The van der Waals surface area contributed by atoms with E-state index in [4.69, 9.17) is 0 Å².